The van der Waals surface area contributed by atoms with E-state index >= 15 is 0 Å². The predicted molar refractivity (Wildman–Crippen MR) is 410 cm³/mol. The number of aromatic nitrogens is 4. The van der Waals surface area contributed by atoms with Gasteiger partial charge in [0, 0.05) is 135 Å². The molecule has 96 heavy (non-hydrogen) atoms. The zero-order chi connectivity index (χ0) is 62.8. The minimum absolute atomic E-state index is 0.448. The Morgan fingerprint density at radius 2 is 0.448 bits per heavy atom. The van der Waals surface area contributed by atoms with E-state index in [1.165, 1.54) is 102 Å². The number of rotatable bonds is 5. The molecule has 0 unspecified atom stereocenters. The number of hydrogen-bond donors (Lipinski definition) is 0. The second-order valence-corrected chi connectivity index (χ2v) is 29.4. The topological polar surface area (TPSA) is 67.3 Å². The van der Waals surface area contributed by atoms with E-state index in [9.17, 15) is 10.5 Å². The van der Waals surface area contributed by atoms with Gasteiger partial charge in [-0.1, -0.05) is 170 Å². The largest absolute Gasteiger partial charge is 0.307 e. The molecule has 0 amide bonds. The van der Waals surface area contributed by atoms with Crippen molar-refractivity contribution < 1.29 is 0 Å². The molecule has 442 valence electrons. The zero-order valence-electron chi connectivity index (χ0n) is 50.7. The molecule has 8 heterocycles. The van der Waals surface area contributed by atoms with Crippen LogP contribution in [0.5, 0.6) is 0 Å². The fourth-order valence-electron chi connectivity index (χ4n) is 16.5. The van der Waals surface area contributed by atoms with Gasteiger partial charge in [-0.05, 0) is 97.1 Å². The maximum Gasteiger partial charge on any atom is 0.0999 e. The summed E-state index contributed by atoms with van der Waals surface area (Å²) in [4.78, 5) is 0. The number of nitriles is 2. The lowest BCUT2D eigenvalue weighted by atomic mass is 9.93. The summed E-state index contributed by atoms with van der Waals surface area (Å²) < 4.78 is 19.5. The fourth-order valence-corrected chi connectivity index (χ4v) is 21.5. The lowest BCUT2D eigenvalue weighted by Crippen LogP contribution is -2.07. The molecule has 22 aromatic rings. The van der Waals surface area contributed by atoms with Crippen molar-refractivity contribution in [3.63, 3.8) is 0 Å². The van der Waals surface area contributed by atoms with Crippen molar-refractivity contribution in [2.75, 3.05) is 0 Å². The molecule has 8 aromatic heterocycles. The predicted octanol–water partition coefficient (Wildman–Crippen LogP) is 25.0. The molecule has 22 rings (SSSR count). The number of hydrogen-bond acceptors (Lipinski definition) is 6. The number of thiophene rings is 4. The average Bonchev–Trinajstić information content (AvgIpc) is 1.57. The van der Waals surface area contributed by atoms with E-state index in [0.717, 1.165) is 88.4 Å². The average molecular weight is 1290 g/mol. The SMILES string of the molecule is N#Cc1cc(-n2c3ccccc3c3c4sc5ccccc5c4ccc32)c(-n2c3ccccc3c3c4sc5ccccc5c4ccc32)cc1-c1cc(-n2c3ccccc3c3c4sc5ccccc5c4ccc32)c(-n2c3ccccc3c3c4sc5ccccc5c4ccc32)cc1C#N. The van der Waals surface area contributed by atoms with Crippen LogP contribution in [0.2, 0.25) is 0 Å². The first-order valence-corrected chi connectivity index (χ1v) is 35.4. The highest BCUT2D eigenvalue weighted by molar-refractivity contribution is 7.28. The van der Waals surface area contributed by atoms with E-state index < -0.39 is 0 Å². The smallest absolute Gasteiger partial charge is 0.0999 e. The van der Waals surface area contributed by atoms with Crippen molar-refractivity contribution in [3.8, 4) is 46.0 Å². The summed E-state index contributed by atoms with van der Waals surface area (Å²) in [5.41, 5.74) is 14.0. The molecule has 0 saturated carbocycles. The van der Waals surface area contributed by atoms with Crippen molar-refractivity contribution in [2.24, 2.45) is 0 Å². The molecule has 0 atom stereocenters. The van der Waals surface area contributed by atoms with Gasteiger partial charge in [0.25, 0.3) is 0 Å². The molecular formula is C86H44N6S4. The maximum atomic E-state index is 12.2. The number of nitrogens with zero attached hydrogens (tertiary/aromatic N) is 6. The number of fused-ring (bicyclic) bond motifs is 28. The molecule has 6 nitrogen and oxygen atoms in total. The summed E-state index contributed by atoms with van der Waals surface area (Å²) in [5, 5.41) is 43.5. The van der Waals surface area contributed by atoms with Gasteiger partial charge < -0.3 is 18.3 Å². The molecular weight excluding hydrogens is 1250 g/mol. The molecule has 0 aliphatic heterocycles. The third kappa shape index (κ3) is 6.89. The molecule has 0 radical (unpaired) electrons. The van der Waals surface area contributed by atoms with Crippen molar-refractivity contribution in [1.29, 1.82) is 10.5 Å². The first-order valence-electron chi connectivity index (χ1n) is 32.1. The molecule has 0 spiro atoms. The van der Waals surface area contributed by atoms with E-state index in [1.807, 2.05) is 45.3 Å². The van der Waals surface area contributed by atoms with Gasteiger partial charge in [0.05, 0.1) is 90.1 Å². The third-order valence-corrected chi connectivity index (χ3v) is 25.3. The standard InChI is InChI=1S/C86H44N6S4/c87-45-47-41-71(89-63-25-9-1-21-57(63)79-67(89)37-33-53-49-17-5-13-29-75(49)93-83(53)79)73(91-65-27-11-3-23-59(65)81-69(91)39-35-55-51-19-7-15-31-77(51)95-85(55)81)43-61(47)62-44-74(92-66-28-12-4-24-60(66)82-70(92)40-36-56-52-20-8-16-32-78(52)96-86(56)82)72(42-48(62)46-88)90-64-26-10-2-22-58(64)80-68(90)38-34-54-50-18-6-14-30-76(50)94-84(54)80/h1-44H. The number of benzene rings is 14. The summed E-state index contributed by atoms with van der Waals surface area (Å²) in [5.74, 6) is 0. The second kappa shape index (κ2) is 19.4. The van der Waals surface area contributed by atoms with Gasteiger partial charge in [0.2, 0.25) is 0 Å². The van der Waals surface area contributed by atoms with Gasteiger partial charge in [-0.25, -0.2) is 0 Å². The normalized spacial score (nSPS) is 12.4. The number of para-hydroxylation sites is 4. The molecule has 0 aliphatic rings. The van der Waals surface area contributed by atoms with Gasteiger partial charge in [-0.3, -0.25) is 0 Å². The van der Waals surface area contributed by atoms with Crippen LogP contribution < -0.4 is 0 Å². The van der Waals surface area contributed by atoms with Crippen molar-refractivity contribution in [1.82, 2.24) is 18.3 Å². The monoisotopic (exact) mass is 1290 g/mol. The summed E-state index contributed by atoms with van der Waals surface area (Å²) in [6.45, 7) is 0. The van der Waals surface area contributed by atoms with Crippen LogP contribution in [0.1, 0.15) is 11.1 Å². The first kappa shape index (κ1) is 52.6. The van der Waals surface area contributed by atoms with Crippen LogP contribution in [-0.2, 0) is 0 Å². The Morgan fingerprint density at radius 3 is 0.708 bits per heavy atom. The molecule has 0 N–H and O–H groups in total. The highest BCUT2D eigenvalue weighted by atomic mass is 32.1. The highest BCUT2D eigenvalue weighted by Gasteiger charge is 2.30. The minimum Gasteiger partial charge on any atom is -0.307 e. The second-order valence-electron chi connectivity index (χ2n) is 25.1. The maximum absolute atomic E-state index is 12.2. The molecule has 10 heteroatoms. The zero-order valence-corrected chi connectivity index (χ0v) is 54.0. The molecule has 14 aromatic carbocycles. The Bertz CT molecular complexity index is 6940. The third-order valence-electron chi connectivity index (χ3n) is 20.4. The van der Waals surface area contributed by atoms with Gasteiger partial charge in [0.1, 0.15) is 0 Å². The van der Waals surface area contributed by atoms with Crippen molar-refractivity contribution in [2.45, 2.75) is 0 Å². The van der Waals surface area contributed by atoms with E-state index in [2.05, 4.69) is 297 Å². The van der Waals surface area contributed by atoms with E-state index in [4.69, 9.17) is 0 Å². The summed E-state index contributed by atoms with van der Waals surface area (Å²) in [7, 11) is 0. The van der Waals surface area contributed by atoms with Crippen LogP contribution >= 0.6 is 45.3 Å². The quantitative estimate of drug-likeness (QED) is 0.172. The van der Waals surface area contributed by atoms with Crippen molar-refractivity contribution in [3.05, 3.63) is 278 Å². The summed E-state index contributed by atoms with van der Waals surface area (Å²) >= 11 is 7.35. The Kier molecular flexibility index (Phi) is 10.6. The van der Waals surface area contributed by atoms with E-state index in [1.54, 1.807) is 0 Å². The summed E-state index contributed by atoms with van der Waals surface area (Å²) in [6, 6.07) is 103. The van der Waals surface area contributed by atoms with Gasteiger partial charge >= 0.3 is 0 Å². The molecule has 0 fully saturated rings. The van der Waals surface area contributed by atoms with Gasteiger partial charge in [-0.2, -0.15) is 10.5 Å². The van der Waals surface area contributed by atoms with Crippen LogP contribution in [0.25, 0.3) is 202 Å². The van der Waals surface area contributed by atoms with Crippen LogP contribution in [0.4, 0.5) is 0 Å². The Balaban J connectivity index is 0.898. The van der Waals surface area contributed by atoms with E-state index in [-0.39, 0.29) is 0 Å². The van der Waals surface area contributed by atoms with Crippen LogP contribution in [0.3, 0.4) is 0 Å². The van der Waals surface area contributed by atoms with Crippen molar-refractivity contribution >= 4 is 213 Å². The van der Waals surface area contributed by atoms with Gasteiger partial charge in [0.15, 0.2) is 0 Å². The minimum atomic E-state index is 0.448. The van der Waals surface area contributed by atoms with Crippen LogP contribution in [0.15, 0.2) is 267 Å². The first-order chi connectivity index (χ1) is 47.6. The fraction of sp³-hybridized carbons (Fsp3) is 0. The van der Waals surface area contributed by atoms with Gasteiger partial charge in [-0.15, -0.1) is 45.3 Å². The Hall–Kier alpha value is -11.9. The molecule has 0 bridgehead atoms. The molecule has 0 saturated heterocycles. The Morgan fingerprint density at radius 1 is 0.219 bits per heavy atom. The lowest BCUT2D eigenvalue weighted by molar-refractivity contribution is 1.09. The Labute approximate surface area is 561 Å². The highest BCUT2D eigenvalue weighted by Crippen LogP contribution is 2.52. The lowest BCUT2D eigenvalue weighted by Gasteiger charge is -2.22. The summed E-state index contributed by atoms with van der Waals surface area (Å²) in [6.07, 6.45) is 0. The van der Waals surface area contributed by atoms with Crippen LogP contribution in [-0.4, -0.2) is 18.3 Å². The van der Waals surface area contributed by atoms with E-state index in [0.29, 0.717) is 22.3 Å². The van der Waals surface area contributed by atoms with Crippen LogP contribution in [0, 0.1) is 22.7 Å². The molecule has 0 aliphatic carbocycles.